The number of carbonyl (C=O) groups excluding carboxylic acids is 1. The number of nitrogens with one attached hydrogen (secondary N) is 1. The zero-order chi connectivity index (χ0) is 18.8. The first-order valence-corrected chi connectivity index (χ1v) is 8.57. The van der Waals surface area contributed by atoms with Gasteiger partial charge < -0.3 is 10.1 Å². The Morgan fingerprint density at radius 2 is 2.07 bits per heavy atom. The molecule has 0 saturated heterocycles. The lowest BCUT2D eigenvalue weighted by molar-refractivity contribution is 0.102. The second-order valence-electron chi connectivity index (χ2n) is 5.83. The molecule has 27 heavy (non-hydrogen) atoms. The Balaban J connectivity index is 1.69. The van der Waals surface area contributed by atoms with Crippen molar-refractivity contribution in [2.45, 2.75) is 0 Å². The van der Waals surface area contributed by atoms with E-state index >= 15 is 0 Å². The second-order valence-corrected chi connectivity index (χ2v) is 6.27. The molecule has 0 saturated carbocycles. The van der Waals surface area contributed by atoms with Gasteiger partial charge in [0.1, 0.15) is 5.75 Å². The van der Waals surface area contributed by atoms with Crippen LogP contribution in [0.4, 0.5) is 5.69 Å². The van der Waals surface area contributed by atoms with Gasteiger partial charge in [-0.3, -0.25) is 9.20 Å². The summed E-state index contributed by atoms with van der Waals surface area (Å²) in [5.41, 5.74) is 2.59. The van der Waals surface area contributed by atoms with Crippen LogP contribution in [-0.4, -0.2) is 27.4 Å². The number of ether oxygens (including phenoxy) is 1. The summed E-state index contributed by atoms with van der Waals surface area (Å²) in [6.07, 6.45) is 5.45. The summed E-state index contributed by atoms with van der Waals surface area (Å²) in [6, 6.07) is 14.1. The van der Waals surface area contributed by atoms with Crippen molar-refractivity contribution in [1.29, 1.82) is 0 Å². The molecule has 1 N–H and O–H groups in total. The lowest BCUT2D eigenvalue weighted by Gasteiger charge is -2.11. The van der Waals surface area contributed by atoms with E-state index in [0.29, 0.717) is 27.8 Å². The van der Waals surface area contributed by atoms with Crippen LogP contribution in [-0.2, 0) is 0 Å². The van der Waals surface area contributed by atoms with Gasteiger partial charge in [0.2, 0.25) is 5.78 Å². The van der Waals surface area contributed by atoms with Gasteiger partial charge in [-0.15, -0.1) is 0 Å². The number of carbonyl (C=O) groups is 1. The summed E-state index contributed by atoms with van der Waals surface area (Å²) in [5.74, 6) is 0.883. The number of benzene rings is 2. The molecule has 0 aliphatic heterocycles. The third-order valence-corrected chi connectivity index (χ3v) is 4.30. The van der Waals surface area contributed by atoms with E-state index in [-0.39, 0.29) is 5.91 Å². The first-order chi connectivity index (χ1) is 13.1. The molecule has 134 valence electrons. The first-order valence-electron chi connectivity index (χ1n) is 8.19. The summed E-state index contributed by atoms with van der Waals surface area (Å²) in [6.45, 7) is 0. The molecule has 4 aromatic rings. The van der Waals surface area contributed by atoms with Crippen LogP contribution >= 0.6 is 11.6 Å². The van der Waals surface area contributed by atoms with Gasteiger partial charge in [-0.2, -0.15) is 0 Å². The van der Waals surface area contributed by atoms with Gasteiger partial charge in [0, 0.05) is 34.7 Å². The molecule has 2 aromatic heterocycles. The lowest BCUT2D eigenvalue weighted by atomic mass is 10.1. The average Bonchev–Trinajstić information content (AvgIpc) is 3.12. The van der Waals surface area contributed by atoms with Crippen molar-refractivity contribution in [2.75, 3.05) is 12.4 Å². The number of halogens is 1. The molecule has 0 atom stereocenters. The number of amides is 1. The summed E-state index contributed by atoms with van der Waals surface area (Å²) in [7, 11) is 1.55. The zero-order valence-corrected chi connectivity index (χ0v) is 15.1. The van der Waals surface area contributed by atoms with Gasteiger partial charge in [0.05, 0.1) is 18.5 Å². The van der Waals surface area contributed by atoms with E-state index < -0.39 is 0 Å². The van der Waals surface area contributed by atoms with Crippen LogP contribution in [0.2, 0.25) is 5.02 Å². The molecule has 0 spiro atoms. The highest BCUT2D eigenvalue weighted by Gasteiger charge is 2.13. The Hall–Kier alpha value is -3.38. The zero-order valence-electron chi connectivity index (χ0n) is 14.4. The second kappa shape index (κ2) is 7.09. The first kappa shape index (κ1) is 17.1. The molecule has 1 amide bonds. The molecule has 0 aliphatic rings. The Kier molecular flexibility index (Phi) is 4.48. The van der Waals surface area contributed by atoms with Gasteiger partial charge in [-0.1, -0.05) is 17.7 Å². The van der Waals surface area contributed by atoms with Crippen LogP contribution in [0.25, 0.3) is 17.0 Å². The van der Waals surface area contributed by atoms with Gasteiger partial charge in [-0.25, -0.2) is 9.97 Å². The molecule has 2 aromatic carbocycles. The smallest absolute Gasteiger partial charge is 0.255 e. The van der Waals surface area contributed by atoms with E-state index in [0.717, 1.165) is 11.3 Å². The lowest BCUT2D eigenvalue weighted by Crippen LogP contribution is -2.12. The van der Waals surface area contributed by atoms with Crippen molar-refractivity contribution < 1.29 is 9.53 Å². The highest BCUT2D eigenvalue weighted by molar-refractivity contribution is 6.31. The number of aromatic nitrogens is 3. The molecule has 0 unspecified atom stereocenters. The van der Waals surface area contributed by atoms with Crippen LogP contribution in [0.15, 0.2) is 67.1 Å². The topological polar surface area (TPSA) is 68.5 Å². The molecule has 4 rings (SSSR count). The predicted octanol–water partition coefficient (Wildman–Crippen LogP) is 4.31. The van der Waals surface area contributed by atoms with Crippen LogP contribution in [0, 0.1) is 0 Å². The minimum atomic E-state index is -0.274. The molecule has 0 radical (unpaired) electrons. The Morgan fingerprint density at radius 3 is 2.85 bits per heavy atom. The van der Waals surface area contributed by atoms with E-state index in [1.165, 1.54) is 0 Å². The molecular formula is C20H15ClN4O2. The number of fused-ring (bicyclic) bond motifs is 1. The number of hydrogen-bond donors (Lipinski definition) is 1. The molecule has 6 nitrogen and oxygen atoms in total. The molecule has 0 bridgehead atoms. The molecular weight excluding hydrogens is 364 g/mol. The third kappa shape index (κ3) is 3.47. The minimum absolute atomic E-state index is 0.274. The van der Waals surface area contributed by atoms with Crippen LogP contribution in [0.5, 0.6) is 5.75 Å². The maximum atomic E-state index is 12.6. The summed E-state index contributed by atoms with van der Waals surface area (Å²) in [4.78, 5) is 21.3. The van der Waals surface area contributed by atoms with Crippen molar-refractivity contribution in [3.63, 3.8) is 0 Å². The van der Waals surface area contributed by atoms with Crippen LogP contribution < -0.4 is 10.1 Å². The number of nitrogens with zero attached hydrogens (tertiary/aromatic N) is 3. The molecule has 0 fully saturated rings. The number of imidazole rings is 1. The largest absolute Gasteiger partial charge is 0.495 e. The van der Waals surface area contributed by atoms with Crippen LogP contribution in [0.1, 0.15) is 10.4 Å². The molecule has 7 heteroatoms. The van der Waals surface area contributed by atoms with Crippen molar-refractivity contribution in [3.05, 3.63) is 77.7 Å². The highest BCUT2D eigenvalue weighted by atomic mass is 35.5. The van der Waals surface area contributed by atoms with Crippen molar-refractivity contribution >= 4 is 29.0 Å². The number of hydrogen-bond acceptors (Lipinski definition) is 4. The maximum absolute atomic E-state index is 12.6. The number of methoxy groups -OCH3 is 1. The quantitative estimate of drug-likeness (QED) is 0.574. The van der Waals surface area contributed by atoms with E-state index in [2.05, 4.69) is 15.3 Å². The fourth-order valence-electron chi connectivity index (χ4n) is 2.76. The Bertz CT molecular complexity index is 1110. The van der Waals surface area contributed by atoms with Gasteiger partial charge in [0.25, 0.3) is 5.91 Å². The maximum Gasteiger partial charge on any atom is 0.255 e. The fourth-order valence-corrected chi connectivity index (χ4v) is 2.95. The Morgan fingerprint density at radius 1 is 1.19 bits per heavy atom. The predicted molar refractivity (Wildman–Crippen MR) is 104 cm³/mol. The number of anilines is 1. The molecule has 2 heterocycles. The Labute approximate surface area is 160 Å². The monoisotopic (exact) mass is 378 g/mol. The van der Waals surface area contributed by atoms with Crippen LogP contribution in [0.3, 0.4) is 0 Å². The van der Waals surface area contributed by atoms with E-state index in [9.17, 15) is 4.79 Å². The van der Waals surface area contributed by atoms with Crippen molar-refractivity contribution in [3.8, 4) is 17.0 Å². The van der Waals surface area contributed by atoms with E-state index in [4.69, 9.17) is 16.3 Å². The van der Waals surface area contributed by atoms with Crippen molar-refractivity contribution in [1.82, 2.24) is 14.4 Å². The third-order valence-electron chi connectivity index (χ3n) is 4.07. The summed E-state index contributed by atoms with van der Waals surface area (Å²) >= 11 is 5.97. The van der Waals surface area contributed by atoms with Gasteiger partial charge in [0.15, 0.2) is 0 Å². The van der Waals surface area contributed by atoms with Gasteiger partial charge >= 0.3 is 0 Å². The SMILES string of the molecule is COc1ccc(-c2cn3cccnc3n2)cc1NC(=O)c1cccc(Cl)c1. The number of rotatable bonds is 4. The molecule has 0 aliphatic carbocycles. The highest BCUT2D eigenvalue weighted by Crippen LogP contribution is 2.30. The van der Waals surface area contributed by atoms with E-state index in [1.807, 2.05) is 35.0 Å². The van der Waals surface area contributed by atoms with Gasteiger partial charge in [-0.05, 0) is 42.5 Å². The van der Waals surface area contributed by atoms with E-state index in [1.54, 1.807) is 43.6 Å². The normalized spacial score (nSPS) is 10.7. The minimum Gasteiger partial charge on any atom is -0.495 e. The summed E-state index contributed by atoms with van der Waals surface area (Å²) < 4.78 is 7.21. The van der Waals surface area contributed by atoms with Crippen molar-refractivity contribution in [2.24, 2.45) is 0 Å². The average molecular weight is 379 g/mol. The standard InChI is InChI=1S/C20H15ClN4O2/c1-27-18-7-6-13(17-12-25-9-3-8-22-20(25)24-17)11-16(18)23-19(26)14-4-2-5-15(21)10-14/h2-12H,1H3,(H,23,26). The summed E-state index contributed by atoms with van der Waals surface area (Å²) in [5, 5.41) is 3.38. The fraction of sp³-hybridized carbons (Fsp3) is 0.0500.